The van der Waals surface area contributed by atoms with Gasteiger partial charge in [-0.15, -0.1) is 0 Å². The van der Waals surface area contributed by atoms with Crippen LogP contribution in [0.1, 0.15) is 82.9 Å². The highest BCUT2D eigenvalue weighted by Gasteiger charge is 2.34. The van der Waals surface area contributed by atoms with E-state index in [1.807, 2.05) is 45.4 Å². The second-order valence-corrected chi connectivity index (χ2v) is 12.7. The largest absolute Gasteiger partial charge is 0.444 e. The van der Waals surface area contributed by atoms with Gasteiger partial charge in [-0.05, 0) is 64.2 Å². The Balaban J connectivity index is 1.06. The summed E-state index contributed by atoms with van der Waals surface area (Å²) < 4.78 is 5.62. The molecule has 1 atom stereocenters. The number of rotatable bonds is 5. The highest BCUT2D eigenvalue weighted by atomic mass is 16.6. The first-order chi connectivity index (χ1) is 20.8. The lowest BCUT2D eigenvalue weighted by Crippen LogP contribution is -2.36. The molecule has 5 aromatic rings. The number of fused-ring (bicyclic) bond motifs is 1. The van der Waals surface area contributed by atoms with Crippen molar-refractivity contribution in [1.29, 1.82) is 0 Å². The summed E-state index contributed by atoms with van der Waals surface area (Å²) in [5.41, 5.74) is 7.00. The number of H-pyrrole nitrogens is 2. The first-order valence-corrected chi connectivity index (χ1v) is 15.3. The number of nitrogens with one attached hydrogen (secondary N) is 2. The van der Waals surface area contributed by atoms with E-state index >= 15 is 0 Å². The fraction of sp³-hybridized carbons (Fsp3) is 0.382. The SMILES string of the molecule is CC(C)(C)OC(=O)N1CCC[C@H]1c1ncc(-c2ccc(-c3cnc4cc(-c5cnc(C6CCCC6)[nH]5)ccc4n3)cc2)[nH]1. The standard InChI is InChI=1S/C34H37N7O2/c1-34(2,3)43-33(42)41-16-6-9-30(41)32-37-19-28(40-32)22-12-10-21(11-13-22)27-18-35-26-17-24(14-15-25(26)38-27)29-20-36-31(39-29)23-7-4-5-8-23/h10-15,17-20,23,30H,4-9,16H2,1-3H3,(H,36,39)(H,37,40)/t30-/m0/s1. The zero-order chi connectivity index (χ0) is 29.6. The normalized spacial score (nSPS) is 17.7. The fourth-order valence-electron chi connectivity index (χ4n) is 6.27. The van der Waals surface area contributed by atoms with E-state index in [2.05, 4.69) is 56.3 Å². The minimum atomic E-state index is -0.530. The number of carbonyl (C=O) groups is 1. The number of aromatic amines is 2. The molecule has 2 fully saturated rings. The smallest absolute Gasteiger partial charge is 0.410 e. The molecule has 1 aliphatic carbocycles. The monoisotopic (exact) mass is 575 g/mol. The summed E-state index contributed by atoms with van der Waals surface area (Å²) in [4.78, 5) is 40.4. The van der Waals surface area contributed by atoms with Crippen LogP contribution in [0.4, 0.5) is 4.79 Å². The molecule has 7 rings (SSSR count). The average molecular weight is 576 g/mol. The Labute approximate surface area is 251 Å². The number of imidazole rings is 2. The molecule has 9 heteroatoms. The van der Waals surface area contributed by atoms with Crippen LogP contribution in [0.5, 0.6) is 0 Å². The number of aromatic nitrogens is 6. The van der Waals surface area contributed by atoms with Gasteiger partial charge in [-0.1, -0.05) is 43.2 Å². The maximum Gasteiger partial charge on any atom is 0.410 e. The lowest BCUT2D eigenvalue weighted by Gasteiger charge is -2.27. The Morgan fingerprint density at radius 2 is 1.47 bits per heavy atom. The molecule has 1 saturated heterocycles. The number of amides is 1. The van der Waals surface area contributed by atoms with Gasteiger partial charge in [0.05, 0.1) is 52.7 Å². The van der Waals surface area contributed by atoms with E-state index in [0.717, 1.165) is 69.3 Å². The van der Waals surface area contributed by atoms with Gasteiger partial charge < -0.3 is 14.7 Å². The molecule has 2 N–H and O–H groups in total. The van der Waals surface area contributed by atoms with Crippen LogP contribution in [0.25, 0.3) is 44.8 Å². The maximum atomic E-state index is 12.8. The van der Waals surface area contributed by atoms with Crippen LogP contribution in [-0.4, -0.2) is 53.0 Å². The van der Waals surface area contributed by atoms with Crippen molar-refractivity contribution in [1.82, 2.24) is 34.8 Å². The van der Waals surface area contributed by atoms with Gasteiger partial charge in [0, 0.05) is 23.6 Å². The first-order valence-electron chi connectivity index (χ1n) is 15.3. The fourth-order valence-corrected chi connectivity index (χ4v) is 6.27. The summed E-state index contributed by atoms with van der Waals surface area (Å²) in [6.45, 7) is 6.33. The van der Waals surface area contributed by atoms with Crippen LogP contribution in [0.2, 0.25) is 0 Å². The van der Waals surface area contributed by atoms with E-state index in [4.69, 9.17) is 14.7 Å². The number of hydrogen-bond acceptors (Lipinski definition) is 6. The molecule has 0 unspecified atom stereocenters. The topological polar surface area (TPSA) is 113 Å². The molecule has 0 radical (unpaired) electrons. The number of hydrogen-bond donors (Lipinski definition) is 2. The average Bonchev–Trinajstić information content (AvgIpc) is 3.82. The van der Waals surface area contributed by atoms with Gasteiger partial charge in [-0.25, -0.2) is 19.7 Å². The van der Waals surface area contributed by atoms with Crippen LogP contribution >= 0.6 is 0 Å². The summed E-state index contributed by atoms with van der Waals surface area (Å²) in [6.07, 6.45) is 12.1. The Hall–Kier alpha value is -4.53. The molecular weight excluding hydrogens is 538 g/mol. The molecule has 2 aromatic carbocycles. The number of nitrogens with zero attached hydrogens (tertiary/aromatic N) is 5. The Morgan fingerprint density at radius 3 is 2.23 bits per heavy atom. The second kappa shape index (κ2) is 10.9. The van der Waals surface area contributed by atoms with Crippen LogP contribution in [-0.2, 0) is 4.74 Å². The Kier molecular flexibility index (Phi) is 6.95. The third-order valence-electron chi connectivity index (χ3n) is 8.47. The van der Waals surface area contributed by atoms with E-state index < -0.39 is 5.60 Å². The number of ether oxygens (including phenoxy) is 1. The van der Waals surface area contributed by atoms with Crippen LogP contribution in [0.15, 0.2) is 61.1 Å². The van der Waals surface area contributed by atoms with E-state index in [-0.39, 0.29) is 12.1 Å². The highest BCUT2D eigenvalue weighted by molar-refractivity contribution is 5.82. The van der Waals surface area contributed by atoms with E-state index in [1.165, 1.54) is 25.7 Å². The van der Waals surface area contributed by atoms with Crippen molar-refractivity contribution in [2.45, 2.75) is 76.9 Å². The molecule has 1 saturated carbocycles. The first kappa shape index (κ1) is 27.3. The number of benzene rings is 2. The molecule has 0 bridgehead atoms. The van der Waals surface area contributed by atoms with Gasteiger partial charge in [0.25, 0.3) is 0 Å². The molecule has 43 heavy (non-hydrogen) atoms. The van der Waals surface area contributed by atoms with Crippen LogP contribution in [0, 0.1) is 0 Å². The highest BCUT2D eigenvalue weighted by Crippen LogP contribution is 2.35. The quantitative estimate of drug-likeness (QED) is 0.221. The van der Waals surface area contributed by atoms with Crippen molar-refractivity contribution in [3.05, 3.63) is 72.7 Å². The third kappa shape index (κ3) is 5.63. The number of likely N-dealkylation sites (tertiary alicyclic amines) is 1. The van der Waals surface area contributed by atoms with Crippen molar-refractivity contribution in [3.63, 3.8) is 0 Å². The lowest BCUT2D eigenvalue weighted by atomic mass is 10.1. The molecule has 0 spiro atoms. The minimum Gasteiger partial charge on any atom is -0.444 e. The Bertz CT molecular complexity index is 1760. The summed E-state index contributed by atoms with van der Waals surface area (Å²) >= 11 is 0. The van der Waals surface area contributed by atoms with Crippen LogP contribution in [0.3, 0.4) is 0 Å². The molecule has 9 nitrogen and oxygen atoms in total. The second-order valence-electron chi connectivity index (χ2n) is 12.7. The number of carbonyl (C=O) groups excluding carboxylic acids is 1. The summed E-state index contributed by atoms with van der Waals surface area (Å²) in [6, 6.07) is 14.3. The molecule has 3 aromatic heterocycles. The van der Waals surface area contributed by atoms with E-state index in [1.54, 1.807) is 4.90 Å². The van der Waals surface area contributed by atoms with Crippen molar-refractivity contribution >= 4 is 17.1 Å². The zero-order valence-corrected chi connectivity index (χ0v) is 24.9. The maximum absolute atomic E-state index is 12.8. The molecular formula is C34H37N7O2. The molecule has 1 aliphatic heterocycles. The Morgan fingerprint density at radius 1 is 0.791 bits per heavy atom. The predicted molar refractivity (Wildman–Crippen MR) is 166 cm³/mol. The minimum absolute atomic E-state index is 0.112. The van der Waals surface area contributed by atoms with Gasteiger partial charge >= 0.3 is 6.09 Å². The summed E-state index contributed by atoms with van der Waals surface area (Å²) in [7, 11) is 0. The van der Waals surface area contributed by atoms with Gasteiger partial charge in [-0.3, -0.25) is 9.88 Å². The van der Waals surface area contributed by atoms with Crippen LogP contribution < -0.4 is 0 Å². The van der Waals surface area contributed by atoms with Crippen molar-refractivity contribution in [2.75, 3.05) is 6.54 Å². The zero-order valence-electron chi connectivity index (χ0n) is 24.9. The molecule has 1 amide bonds. The van der Waals surface area contributed by atoms with Gasteiger partial charge in [-0.2, -0.15) is 0 Å². The summed E-state index contributed by atoms with van der Waals surface area (Å²) in [5.74, 6) is 2.44. The third-order valence-corrected chi connectivity index (χ3v) is 8.47. The van der Waals surface area contributed by atoms with E-state index in [0.29, 0.717) is 12.5 Å². The van der Waals surface area contributed by atoms with Gasteiger partial charge in [0.2, 0.25) is 0 Å². The van der Waals surface area contributed by atoms with Crippen molar-refractivity contribution in [2.24, 2.45) is 0 Å². The van der Waals surface area contributed by atoms with Crippen molar-refractivity contribution < 1.29 is 9.53 Å². The summed E-state index contributed by atoms with van der Waals surface area (Å²) in [5, 5.41) is 0. The molecule has 4 heterocycles. The molecule has 2 aliphatic rings. The van der Waals surface area contributed by atoms with E-state index in [9.17, 15) is 4.79 Å². The molecule has 220 valence electrons. The predicted octanol–water partition coefficient (Wildman–Crippen LogP) is 7.81. The van der Waals surface area contributed by atoms with Crippen molar-refractivity contribution in [3.8, 4) is 33.8 Å². The lowest BCUT2D eigenvalue weighted by molar-refractivity contribution is 0.0218. The van der Waals surface area contributed by atoms with Gasteiger partial charge in [0.15, 0.2) is 0 Å². The van der Waals surface area contributed by atoms with Gasteiger partial charge in [0.1, 0.15) is 17.2 Å².